The number of hydrogen-bond acceptors (Lipinski definition) is 3. The number of halogens is 1. The van der Waals surface area contributed by atoms with Crippen molar-refractivity contribution >= 4 is 17.8 Å². The van der Waals surface area contributed by atoms with Gasteiger partial charge < -0.3 is 15.1 Å². The number of amides is 1. The Bertz CT molecular complexity index is 403. The molecule has 0 atom stereocenters. The first-order chi connectivity index (χ1) is 8.22. The smallest absolute Gasteiger partial charge is 0.211 e. The molecule has 1 amide bonds. The van der Waals surface area contributed by atoms with Crippen LogP contribution in [-0.4, -0.2) is 44.5 Å². The molecule has 1 N–H and O–H groups in total. The Kier molecular flexibility index (Phi) is 3.58. The first-order valence-corrected chi connectivity index (χ1v) is 5.64. The van der Waals surface area contributed by atoms with Crippen molar-refractivity contribution in [3.63, 3.8) is 0 Å². The van der Waals surface area contributed by atoms with Crippen LogP contribution in [0.1, 0.15) is 0 Å². The van der Waals surface area contributed by atoms with E-state index >= 15 is 0 Å². The Balaban J connectivity index is 2.25. The van der Waals surface area contributed by atoms with E-state index in [-0.39, 0.29) is 5.69 Å². The van der Waals surface area contributed by atoms with Crippen molar-refractivity contribution in [2.45, 2.75) is 0 Å². The van der Waals surface area contributed by atoms with E-state index in [1.54, 1.807) is 6.07 Å². The SMILES string of the molecule is CN1CCN(c2cccc(F)c2NC=O)CC1. The van der Waals surface area contributed by atoms with Gasteiger partial charge in [-0.2, -0.15) is 0 Å². The monoisotopic (exact) mass is 237 g/mol. The quantitative estimate of drug-likeness (QED) is 0.801. The molecule has 1 aliphatic heterocycles. The minimum Gasteiger partial charge on any atom is -0.367 e. The number of nitrogens with one attached hydrogen (secondary N) is 1. The summed E-state index contributed by atoms with van der Waals surface area (Å²) in [7, 11) is 2.06. The summed E-state index contributed by atoms with van der Waals surface area (Å²) in [6, 6.07) is 4.85. The zero-order valence-electron chi connectivity index (χ0n) is 9.82. The summed E-state index contributed by atoms with van der Waals surface area (Å²) in [5.41, 5.74) is 1.03. The summed E-state index contributed by atoms with van der Waals surface area (Å²) in [4.78, 5) is 14.8. The van der Waals surface area contributed by atoms with E-state index < -0.39 is 5.82 Å². The van der Waals surface area contributed by atoms with E-state index in [4.69, 9.17) is 0 Å². The average molecular weight is 237 g/mol. The molecule has 1 saturated heterocycles. The van der Waals surface area contributed by atoms with Gasteiger partial charge in [0, 0.05) is 26.2 Å². The highest BCUT2D eigenvalue weighted by Crippen LogP contribution is 2.28. The Labute approximate surface area is 100 Å². The van der Waals surface area contributed by atoms with Gasteiger partial charge in [0.05, 0.1) is 5.69 Å². The van der Waals surface area contributed by atoms with Gasteiger partial charge in [0.2, 0.25) is 6.41 Å². The number of piperazine rings is 1. The van der Waals surface area contributed by atoms with Crippen molar-refractivity contribution in [3.8, 4) is 0 Å². The number of carbonyl (C=O) groups excluding carboxylic acids is 1. The molecule has 0 saturated carbocycles. The van der Waals surface area contributed by atoms with Crippen molar-refractivity contribution in [1.82, 2.24) is 4.90 Å². The lowest BCUT2D eigenvalue weighted by molar-refractivity contribution is -0.105. The molecule has 1 aromatic carbocycles. The van der Waals surface area contributed by atoms with E-state index in [2.05, 4.69) is 22.2 Å². The van der Waals surface area contributed by atoms with Crippen LogP contribution in [0.5, 0.6) is 0 Å². The first kappa shape index (κ1) is 11.9. The van der Waals surface area contributed by atoms with Crippen LogP contribution in [0.15, 0.2) is 18.2 Å². The summed E-state index contributed by atoms with van der Waals surface area (Å²) in [5.74, 6) is -0.395. The summed E-state index contributed by atoms with van der Waals surface area (Å²) in [6.45, 7) is 3.56. The van der Waals surface area contributed by atoms with Gasteiger partial charge in [-0.3, -0.25) is 4.79 Å². The molecule has 5 heteroatoms. The predicted molar refractivity (Wildman–Crippen MR) is 65.8 cm³/mol. The van der Waals surface area contributed by atoms with E-state index in [1.807, 2.05) is 6.07 Å². The third-order valence-electron chi connectivity index (χ3n) is 3.04. The standard InChI is InChI=1S/C12H16FN3O/c1-15-5-7-16(8-6-15)11-4-2-3-10(13)12(11)14-9-17/h2-4,9H,5-8H2,1H3,(H,14,17). The second-order valence-corrected chi connectivity index (χ2v) is 4.19. The summed E-state index contributed by atoms with van der Waals surface area (Å²) in [5, 5.41) is 2.44. The van der Waals surface area contributed by atoms with Crippen LogP contribution in [0.3, 0.4) is 0 Å². The third kappa shape index (κ3) is 2.55. The first-order valence-electron chi connectivity index (χ1n) is 5.64. The highest BCUT2D eigenvalue weighted by atomic mass is 19.1. The molecule has 4 nitrogen and oxygen atoms in total. The minimum absolute atomic E-state index is 0.270. The molecule has 1 fully saturated rings. The fourth-order valence-corrected chi connectivity index (χ4v) is 2.03. The largest absolute Gasteiger partial charge is 0.367 e. The molecular weight excluding hydrogens is 221 g/mol. The van der Waals surface area contributed by atoms with E-state index in [1.165, 1.54) is 6.07 Å². The molecule has 0 radical (unpaired) electrons. The summed E-state index contributed by atoms with van der Waals surface area (Å²) in [6.07, 6.45) is 0.512. The molecule has 0 aromatic heterocycles. The molecule has 1 heterocycles. The summed E-state index contributed by atoms with van der Waals surface area (Å²) >= 11 is 0. The normalized spacial score (nSPS) is 16.9. The van der Waals surface area contributed by atoms with Crippen molar-refractivity contribution < 1.29 is 9.18 Å². The molecule has 2 rings (SSSR count). The van der Waals surface area contributed by atoms with Gasteiger partial charge in [-0.25, -0.2) is 4.39 Å². The van der Waals surface area contributed by atoms with Gasteiger partial charge in [-0.15, -0.1) is 0 Å². The lowest BCUT2D eigenvalue weighted by atomic mass is 10.2. The van der Waals surface area contributed by atoms with Gasteiger partial charge in [-0.05, 0) is 19.2 Å². The Morgan fingerprint density at radius 2 is 2.00 bits per heavy atom. The van der Waals surface area contributed by atoms with Crippen LogP contribution in [0, 0.1) is 5.82 Å². The van der Waals surface area contributed by atoms with Gasteiger partial charge in [0.1, 0.15) is 11.5 Å². The Morgan fingerprint density at radius 3 is 2.65 bits per heavy atom. The summed E-state index contributed by atoms with van der Waals surface area (Å²) < 4.78 is 13.6. The van der Waals surface area contributed by atoms with Crippen LogP contribution in [-0.2, 0) is 4.79 Å². The predicted octanol–water partition coefficient (Wildman–Crippen LogP) is 1.15. The van der Waals surface area contributed by atoms with Crippen LogP contribution >= 0.6 is 0 Å². The highest BCUT2D eigenvalue weighted by Gasteiger charge is 2.18. The Morgan fingerprint density at radius 1 is 1.29 bits per heavy atom. The molecule has 92 valence electrons. The number of carbonyl (C=O) groups is 1. The zero-order valence-corrected chi connectivity index (χ0v) is 9.82. The number of rotatable bonds is 3. The maximum absolute atomic E-state index is 13.6. The average Bonchev–Trinajstić information content (AvgIpc) is 2.33. The van der Waals surface area contributed by atoms with Gasteiger partial charge in [0.25, 0.3) is 0 Å². The van der Waals surface area contributed by atoms with E-state index in [0.717, 1.165) is 31.9 Å². The van der Waals surface area contributed by atoms with E-state index in [9.17, 15) is 9.18 Å². The topological polar surface area (TPSA) is 35.6 Å². The number of nitrogens with zero attached hydrogens (tertiary/aromatic N) is 2. The van der Waals surface area contributed by atoms with Gasteiger partial charge in [-0.1, -0.05) is 6.07 Å². The molecule has 0 bridgehead atoms. The van der Waals surface area contributed by atoms with Crippen LogP contribution in [0.4, 0.5) is 15.8 Å². The lowest BCUT2D eigenvalue weighted by Gasteiger charge is -2.35. The number of hydrogen-bond donors (Lipinski definition) is 1. The number of para-hydroxylation sites is 1. The number of likely N-dealkylation sites (N-methyl/N-ethyl adjacent to an activating group) is 1. The van der Waals surface area contributed by atoms with Crippen molar-refractivity contribution in [2.75, 3.05) is 43.4 Å². The van der Waals surface area contributed by atoms with Crippen LogP contribution in [0.25, 0.3) is 0 Å². The molecule has 0 aliphatic carbocycles. The third-order valence-corrected chi connectivity index (χ3v) is 3.04. The minimum atomic E-state index is -0.395. The molecule has 0 spiro atoms. The van der Waals surface area contributed by atoms with Crippen molar-refractivity contribution in [2.24, 2.45) is 0 Å². The molecular formula is C12H16FN3O. The van der Waals surface area contributed by atoms with Crippen LogP contribution in [0.2, 0.25) is 0 Å². The maximum Gasteiger partial charge on any atom is 0.211 e. The molecule has 1 aromatic rings. The fourth-order valence-electron chi connectivity index (χ4n) is 2.03. The maximum atomic E-state index is 13.6. The number of benzene rings is 1. The second kappa shape index (κ2) is 5.14. The molecule has 0 unspecified atom stereocenters. The molecule has 17 heavy (non-hydrogen) atoms. The molecule has 1 aliphatic rings. The van der Waals surface area contributed by atoms with Gasteiger partial charge in [0.15, 0.2) is 0 Å². The fraction of sp³-hybridized carbons (Fsp3) is 0.417. The van der Waals surface area contributed by atoms with Crippen LogP contribution < -0.4 is 10.2 Å². The number of anilines is 2. The van der Waals surface area contributed by atoms with Crippen molar-refractivity contribution in [1.29, 1.82) is 0 Å². The lowest BCUT2D eigenvalue weighted by Crippen LogP contribution is -2.44. The van der Waals surface area contributed by atoms with E-state index in [0.29, 0.717) is 6.41 Å². The highest BCUT2D eigenvalue weighted by molar-refractivity contribution is 5.81. The Hall–Kier alpha value is -1.62. The zero-order chi connectivity index (χ0) is 12.3. The van der Waals surface area contributed by atoms with Gasteiger partial charge >= 0.3 is 0 Å². The van der Waals surface area contributed by atoms with Crippen molar-refractivity contribution in [3.05, 3.63) is 24.0 Å². The second-order valence-electron chi connectivity index (χ2n) is 4.19.